The minimum atomic E-state index is -0.293. The van der Waals surface area contributed by atoms with E-state index in [4.69, 9.17) is 18.9 Å². The molecule has 0 spiro atoms. The standard InChI is InChI=1S/C24H24BrN3O6/c1-28-8-6-15-19(24(28)30)21(23-22(20(15)25)33-12-34-23)32-11-18(29)26-7-5-13-10-27-17-4-3-14(31-2)9-16(13)17/h3-4,9-10,27H,5-8,11-12H2,1-2H3,(H,26,29). The van der Waals surface area contributed by atoms with E-state index in [0.717, 1.165) is 27.8 Å². The van der Waals surface area contributed by atoms with Crippen LogP contribution in [0.4, 0.5) is 0 Å². The molecule has 3 aromatic rings. The average Bonchev–Trinajstić information content (AvgIpc) is 3.49. The van der Waals surface area contributed by atoms with Crippen LogP contribution in [0.15, 0.2) is 28.9 Å². The third-order valence-electron chi connectivity index (χ3n) is 6.11. The predicted octanol–water partition coefficient (Wildman–Crippen LogP) is 3.03. The molecule has 0 saturated heterocycles. The molecule has 0 radical (unpaired) electrons. The first-order valence-corrected chi connectivity index (χ1v) is 11.7. The summed E-state index contributed by atoms with van der Waals surface area (Å²) in [5, 5.41) is 3.94. The average molecular weight is 530 g/mol. The molecule has 2 aliphatic heterocycles. The van der Waals surface area contributed by atoms with Crippen molar-refractivity contribution >= 4 is 38.6 Å². The molecule has 1 aromatic heterocycles. The monoisotopic (exact) mass is 529 g/mol. The van der Waals surface area contributed by atoms with E-state index in [9.17, 15) is 9.59 Å². The van der Waals surface area contributed by atoms with Crippen molar-refractivity contribution in [2.75, 3.05) is 40.6 Å². The van der Waals surface area contributed by atoms with Crippen LogP contribution in [0, 0.1) is 0 Å². The van der Waals surface area contributed by atoms with E-state index >= 15 is 0 Å². The highest BCUT2D eigenvalue weighted by Crippen LogP contribution is 2.51. The third-order valence-corrected chi connectivity index (χ3v) is 6.95. The molecule has 2 N–H and O–H groups in total. The van der Waals surface area contributed by atoms with E-state index in [1.165, 1.54) is 0 Å². The van der Waals surface area contributed by atoms with Gasteiger partial charge in [-0.3, -0.25) is 9.59 Å². The molecule has 2 amide bonds. The number of carbonyl (C=O) groups excluding carboxylic acids is 2. The van der Waals surface area contributed by atoms with Gasteiger partial charge in [0.1, 0.15) is 5.75 Å². The SMILES string of the molecule is COc1ccc2[nH]cc(CCNC(=O)COc3c4c(c(Br)c5c3C(=O)N(C)CC5)OCO4)c2c1. The number of nitrogens with zero attached hydrogens (tertiary/aromatic N) is 1. The van der Waals surface area contributed by atoms with Crippen LogP contribution in [0.25, 0.3) is 10.9 Å². The van der Waals surface area contributed by atoms with Crippen LogP contribution in [-0.4, -0.2) is 62.3 Å². The summed E-state index contributed by atoms with van der Waals surface area (Å²) >= 11 is 3.54. The Hall–Kier alpha value is -3.40. The Morgan fingerprint density at radius 1 is 1.29 bits per heavy atom. The second-order valence-corrected chi connectivity index (χ2v) is 8.95. The number of hydrogen-bond donors (Lipinski definition) is 2. The number of halogens is 1. The molecule has 0 saturated carbocycles. The fourth-order valence-electron chi connectivity index (χ4n) is 4.29. The number of fused-ring (bicyclic) bond motifs is 3. The minimum absolute atomic E-state index is 0.0266. The Labute approximate surface area is 204 Å². The van der Waals surface area contributed by atoms with E-state index in [-0.39, 0.29) is 31.0 Å². The van der Waals surface area contributed by atoms with Crippen LogP contribution in [0.2, 0.25) is 0 Å². The molecule has 34 heavy (non-hydrogen) atoms. The van der Waals surface area contributed by atoms with Gasteiger partial charge in [0.15, 0.2) is 18.1 Å². The van der Waals surface area contributed by atoms with Crippen molar-refractivity contribution in [2.45, 2.75) is 12.8 Å². The number of carbonyl (C=O) groups is 2. The van der Waals surface area contributed by atoms with Crippen molar-refractivity contribution in [3.8, 4) is 23.0 Å². The van der Waals surface area contributed by atoms with Crippen molar-refractivity contribution in [2.24, 2.45) is 0 Å². The molecule has 178 valence electrons. The number of amides is 2. The Morgan fingerprint density at radius 2 is 2.12 bits per heavy atom. The second kappa shape index (κ2) is 9.09. The number of aromatic nitrogens is 1. The summed E-state index contributed by atoms with van der Waals surface area (Å²) in [6, 6.07) is 5.84. The number of aromatic amines is 1. The molecule has 0 fully saturated rings. The molecule has 9 nitrogen and oxygen atoms in total. The molecule has 5 rings (SSSR count). The summed E-state index contributed by atoms with van der Waals surface area (Å²) in [5.41, 5.74) is 3.30. The maximum atomic E-state index is 12.9. The number of methoxy groups -OCH3 is 1. The quantitative estimate of drug-likeness (QED) is 0.487. The van der Waals surface area contributed by atoms with Gasteiger partial charge in [-0.15, -0.1) is 0 Å². The van der Waals surface area contributed by atoms with Crippen molar-refractivity contribution in [1.82, 2.24) is 15.2 Å². The van der Waals surface area contributed by atoms with Gasteiger partial charge in [0.2, 0.25) is 12.5 Å². The molecule has 0 atom stereocenters. The van der Waals surface area contributed by atoms with Gasteiger partial charge < -0.3 is 34.1 Å². The van der Waals surface area contributed by atoms with Gasteiger partial charge in [-0.25, -0.2) is 0 Å². The molecule has 0 aliphatic carbocycles. The van der Waals surface area contributed by atoms with Crippen LogP contribution in [-0.2, 0) is 17.6 Å². The van der Waals surface area contributed by atoms with Crippen LogP contribution >= 0.6 is 15.9 Å². The van der Waals surface area contributed by atoms with Gasteiger partial charge >= 0.3 is 0 Å². The van der Waals surface area contributed by atoms with Crippen LogP contribution in [0.3, 0.4) is 0 Å². The zero-order valence-corrected chi connectivity index (χ0v) is 20.4. The summed E-state index contributed by atoms with van der Waals surface area (Å²) in [5.74, 6) is 1.41. The molecule has 2 aromatic carbocycles. The first kappa shape index (κ1) is 22.4. The second-order valence-electron chi connectivity index (χ2n) is 8.15. The zero-order chi connectivity index (χ0) is 23.8. The number of benzene rings is 2. The normalized spacial score (nSPS) is 14.3. The third kappa shape index (κ3) is 3.91. The summed E-state index contributed by atoms with van der Waals surface area (Å²) in [4.78, 5) is 30.3. The molecular formula is C24H24BrN3O6. The topological polar surface area (TPSA) is 102 Å². The van der Waals surface area contributed by atoms with Gasteiger partial charge in [0, 0.05) is 37.2 Å². The van der Waals surface area contributed by atoms with Crippen molar-refractivity contribution in [3.05, 3.63) is 45.6 Å². The zero-order valence-electron chi connectivity index (χ0n) is 18.8. The highest BCUT2D eigenvalue weighted by molar-refractivity contribution is 9.10. The Bertz CT molecular complexity index is 1290. The van der Waals surface area contributed by atoms with Crippen molar-refractivity contribution in [1.29, 1.82) is 0 Å². The summed E-state index contributed by atoms with van der Waals surface area (Å²) in [6.45, 7) is 0.801. The highest BCUT2D eigenvalue weighted by atomic mass is 79.9. The fraction of sp³-hybridized carbons (Fsp3) is 0.333. The Kier molecular flexibility index (Phi) is 5.99. The van der Waals surface area contributed by atoms with E-state index in [1.807, 2.05) is 24.4 Å². The number of H-pyrrole nitrogens is 1. The van der Waals surface area contributed by atoms with Gasteiger partial charge in [-0.2, -0.15) is 0 Å². The number of hydrogen-bond acceptors (Lipinski definition) is 6. The van der Waals surface area contributed by atoms with Crippen LogP contribution in [0.1, 0.15) is 21.5 Å². The summed E-state index contributed by atoms with van der Waals surface area (Å²) in [7, 11) is 3.37. The first-order valence-electron chi connectivity index (χ1n) is 10.9. The van der Waals surface area contributed by atoms with E-state index in [0.29, 0.717) is 47.5 Å². The molecule has 2 aliphatic rings. The largest absolute Gasteiger partial charge is 0.497 e. The van der Waals surface area contributed by atoms with Crippen molar-refractivity contribution < 1.29 is 28.5 Å². The summed E-state index contributed by atoms with van der Waals surface area (Å²) in [6.07, 6.45) is 3.22. The first-order chi connectivity index (χ1) is 16.5. The predicted molar refractivity (Wildman–Crippen MR) is 128 cm³/mol. The Morgan fingerprint density at radius 3 is 2.94 bits per heavy atom. The molecule has 3 heterocycles. The Balaban J connectivity index is 1.27. The summed E-state index contributed by atoms with van der Waals surface area (Å²) < 4.78 is 23.0. The van der Waals surface area contributed by atoms with E-state index in [2.05, 4.69) is 26.2 Å². The molecular weight excluding hydrogens is 506 g/mol. The number of ether oxygens (including phenoxy) is 4. The number of likely N-dealkylation sites (N-methyl/N-ethyl adjacent to an activating group) is 1. The van der Waals surface area contributed by atoms with Crippen LogP contribution in [0.5, 0.6) is 23.0 Å². The molecule has 10 heteroatoms. The lowest BCUT2D eigenvalue weighted by Gasteiger charge is -2.28. The highest BCUT2D eigenvalue weighted by Gasteiger charge is 2.36. The smallest absolute Gasteiger partial charge is 0.257 e. The lowest BCUT2D eigenvalue weighted by Crippen LogP contribution is -2.35. The van der Waals surface area contributed by atoms with Crippen LogP contribution < -0.4 is 24.3 Å². The fourth-order valence-corrected chi connectivity index (χ4v) is 4.99. The van der Waals surface area contributed by atoms with Gasteiger partial charge in [-0.05, 0) is 58.1 Å². The van der Waals surface area contributed by atoms with E-state index < -0.39 is 0 Å². The minimum Gasteiger partial charge on any atom is -0.497 e. The van der Waals surface area contributed by atoms with Gasteiger partial charge in [0.25, 0.3) is 11.8 Å². The maximum absolute atomic E-state index is 12.9. The maximum Gasteiger partial charge on any atom is 0.257 e. The van der Waals surface area contributed by atoms with E-state index in [1.54, 1.807) is 19.1 Å². The van der Waals surface area contributed by atoms with Crippen molar-refractivity contribution in [3.63, 3.8) is 0 Å². The molecule has 0 bridgehead atoms. The number of nitrogens with one attached hydrogen (secondary N) is 2. The lowest BCUT2D eigenvalue weighted by molar-refractivity contribution is -0.123. The number of rotatable bonds is 7. The van der Waals surface area contributed by atoms with Gasteiger partial charge in [-0.1, -0.05) is 0 Å². The molecule has 0 unspecified atom stereocenters. The lowest BCUT2D eigenvalue weighted by atomic mass is 9.97. The van der Waals surface area contributed by atoms with Gasteiger partial charge in [0.05, 0.1) is 17.1 Å².